The van der Waals surface area contributed by atoms with Gasteiger partial charge in [-0.2, -0.15) is 11.8 Å². The van der Waals surface area contributed by atoms with E-state index in [1.807, 2.05) is 18.7 Å². The Kier molecular flexibility index (Phi) is 5.72. The van der Waals surface area contributed by atoms with Gasteiger partial charge in [-0.3, -0.25) is 4.79 Å². The molecular formula is C12H20N2OS. The van der Waals surface area contributed by atoms with Crippen LogP contribution in [-0.2, 0) is 4.79 Å². The lowest BCUT2D eigenvalue weighted by Gasteiger charge is -2.18. The molecule has 0 aromatic rings. The van der Waals surface area contributed by atoms with Gasteiger partial charge in [0.2, 0.25) is 5.91 Å². The van der Waals surface area contributed by atoms with Crippen molar-refractivity contribution < 1.29 is 4.79 Å². The van der Waals surface area contributed by atoms with Crippen LogP contribution >= 0.6 is 11.8 Å². The van der Waals surface area contributed by atoms with Crippen LogP contribution in [0, 0.1) is 12.3 Å². The second-order valence-electron chi connectivity index (χ2n) is 4.18. The number of rotatable bonds is 5. The molecule has 16 heavy (non-hydrogen) atoms. The summed E-state index contributed by atoms with van der Waals surface area (Å²) in [5, 5.41) is 6.79. The van der Waals surface area contributed by atoms with Gasteiger partial charge in [-0.05, 0) is 32.4 Å². The Balaban J connectivity index is 2.26. The zero-order valence-electron chi connectivity index (χ0n) is 9.95. The molecule has 3 nitrogen and oxygen atoms in total. The third-order valence-electron chi connectivity index (χ3n) is 2.96. The molecule has 1 aliphatic carbocycles. The van der Waals surface area contributed by atoms with Crippen molar-refractivity contribution in [3.05, 3.63) is 0 Å². The maximum atomic E-state index is 11.6. The van der Waals surface area contributed by atoms with E-state index in [9.17, 15) is 4.79 Å². The highest BCUT2D eigenvalue weighted by Gasteiger charge is 2.26. The van der Waals surface area contributed by atoms with Gasteiger partial charge in [0.05, 0.1) is 12.6 Å². The third-order valence-corrected chi connectivity index (χ3v) is 4.06. The van der Waals surface area contributed by atoms with Crippen LogP contribution in [0.15, 0.2) is 0 Å². The molecule has 0 aromatic carbocycles. The highest BCUT2D eigenvalue weighted by molar-refractivity contribution is 7.99. The first-order valence-corrected chi connectivity index (χ1v) is 6.96. The molecule has 90 valence electrons. The molecule has 1 rings (SSSR count). The standard InChI is InChI=1S/C12H20N2OS/c1-4-7-13-12(15)9(2)14-10-5-6-11(8-10)16-3/h1,9-11,14H,5-8H2,2-3H3,(H,13,15). The molecule has 0 heterocycles. The molecule has 2 N–H and O–H groups in total. The molecule has 0 saturated heterocycles. The topological polar surface area (TPSA) is 41.1 Å². The average Bonchev–Trinajstić information content (AvgIpc) is 2.73. The lowest BCUT2D eigenvalue weighted by atomic mass is 10.2. The van der Waals surface area contributed by atoms with Gasteiger partial charge >= 0.3 is 0 Å². The van der Waals surface area contributed by atoms with E-state index in [-0.39, 0.29) is 11.9 Å². The molecule has 4 heteroatoms. The van der Waals surface area contributed by atoms with Gasteiger partial charge in [0.15, 0.2) is 0 Å². The van der Waals surface area contributed by atoms with Gasteiger partial charge in [-0.25, -0.2) is 0 Å². The zero-order chi connectivity index (χ0) is 12.0. The van der Waals surface area contributed by atoms with Crippen molar-refractivity contribution in [1.82, 2.24) is 10.6 Å². The number of carbonyl (C=O) groups excluding carboxylic acids is 1. The van der Waals surface area contributed by atoms with Crippen LogP contribution in [0.2, 0.25) is 0 Å². The summed E-state index contributed by atoms with van der Waals surface area (Å²) in [6.07, 6.45) is 10.8. The van der Waals surface area contributed by atoms with Crippen LogP contribution < -0.4 is 10.6 Å². The summed E-state index contributed by atoms with van der Waals surface area (Å²) < 4.78 is 0. The second kappa shape index (κ2) is 6.82. The molecule has 0 radical (unpaired) electrons. The first-order chi connectivity index (χ1) is 7.67. The Morgan fingerprint density at radius 1 is 1.62 bits per heavy atom. The molecule has 1 fully saturated rings. The number of amides is 1. The average molecular weight is 240 g/mol. The predicted octanol–water partition coefficient (Wildman–Crippen LogP) is 0.998. The molecule has 3 unspecified atom stereocenters. The van der Waals surface area contributed by atoms with E-state index in [2.05, 4.69) is 22.8 Å². The maximum Gasteiger partial charge on any atom is 0.237 e. The fourth-order valence-corrected chi connectivity index (χ4v) is 2.82. The zero-order valence-corrected chi connectivity index (χ0v) is 10.8. The minimum absolute atomic E-state index is 0.00875. The van der Waals surface area contributed by atoms with Crippen LogP contribution in [-0.4, -0.2) is 36.0 Å². The number of hydrogen-bond donors (Lipinski definition) is 2. The lowest BCUT2D eigenvalue weighted by molar-refractivity contribution is -0.122. The highest BCUT2D eigenvalue weighted by Crippen LogP contribution is 2.28. The Bertz CT molecular complexity index is 275. The molecule has 0 aliphatic heterocycles. The van der Waals surface area contributed by atoms with E-state index >= 15 is 0 Å². The number of nitrogens with one attached hydrogen (secondary N) is 2. The summed E-state index contributed by atoms with van der Waals surface area (Å²) in [6.45, 7) is 2.20. The number of carbonyl (C=O) groups is 1. The van der Waals surface area contributed by atoms with Crippen LogP contribution in [0.5, 0.6) is 0 Å². The molecule has 1 saturated carbocycles. The highest BCUT2D eigenvalue weighted by atomic mass is 32.2. The van der Waals surface area contributed by atoms with Crippen LogP contribution in [0.3, 0.4) is 0 Å². The maximum absolute atomic E-state index is 11.6. The van der Waals surface area contributed by atoms with E-state index in [4.69, 9.17) is 6.42 Å². The Morgan fingerprint density at radius 2 is 2.38 bits per heavy atom. The summed E-state index contributed by atoms with van der Waals surface area (Å²) in [5.74, 6) is 2.39. The first kappa shape index (κ1) is 13.4. The Hall–Kier alpha value is -0.660. The van der Waals surface area contributed by atoms with Gasteiger partial charge in [0, 0.05) is 11.3 Å². The largest absolute Gasteiger partial charge is 0.344 e. The summed E-state index contributed by atoms with van der Waals surface area (Å²) in [6, 6.07) is 0.322. The molecular weight excluding hydrogens is 220 g/mol. The van der Waals surface area contributed by atoms with Crippen molar-refractivity contribution >= 4 is 17.7 Å². The summed E-state index contributed by atoms with van der Waals surface area (Å²) >= 11 is 1.92. The van der Waals surface area contributed by atoms with Gasteiger partial charge < -0.3 is 10.6 Å². The number of terminal acetylenes is 1. The monoisotopic (exact) mass is 240 g/mol. The quantitative estimate of drug-likeness (QED) is 0.704. The normalized spacial score (nSPS) is 26.1. The number of thioether (sulfide) groups is 1. The summed E-state index contributed by atoms with van der Waals surface area (Å²) in [5.41, 5.74) is 0. The van der Waals surface area contributed by atoms with Crippen molar-refractivity contribution in [3.8, 4) is 12.3 Å². The molecule has 1 amide bonds. The van der Waals surface area contributed by atoms with Crippen molar-refractivity contribution in [1.29, 1.82) is 0 Å². The predicted molar refractivity (Wildman–Crippen MR) is 69.4 cm³/mol. The van der Waals surface area contributed by atoms with Crippen LogP contribution in [0.4, 0.5) is 0 Å². The van der Waals surface area contributed by atoms with Crippen molar-refractivity contribution in [2.45, 2.75) is 43.5 Å². The molecule has 0 bridgehead atoms. The smallest absolute Gasteiger partial charge is 0.237 e. The van der Waals surface area contributed by atoms with E-state index in [0.29, 0.717) is 12.6 Å². The second-order valence-corrected chi connectivity index (χ2v) is 5.32. The summed E-state index contributed by atoms with van der Waals surface area (Å²) in [4.78, 5) is 11.6. The van der Waals surface area contributed by atoms with Gasteiger partial charge in [0.25, 0.3) is 0 Å². The third kappa shape index (κ3) is 4.07. The molecule has 1 aliphatic rings. The van der Waals surface area contributed by atoms with E-state index in [0.717, 1.165) is 18.1 Å². The lowest BCUT2D eigenvalue weighted by Crippen LogP contribution is -2.46. The van der Waals surface area contributed by atoms with Gasteiger partial charge in [-0.1, -0.05) is 5.92 Å². The van der Waals surface area contributed by atoms with E-state index in [1.165, 1.54) is 6.42 Å². The molecule has 3 atom stereocenters. The molecule has 0 spiro atoms. The van der Waals surface area contributed by atoms with Crippen molar-refractivity contribution in [2.75, 3.05) is 12.8 Å². The van der Waals surface area contributed by atoms with Crippen LogP contribution in [0.1, 0.15) is 26.2 Å². The number of hydrogen-bond acceptors (Lipinski definition) is 3. The van der Waals surface area contributed by atoms with Crippen molar-refractivity contribution in [2.24, 2.45) is 0 Å². The van der Waals surface area contributed by atoms with Crippen LogP contribution in [0.25, 0.3) is 0 Å². The molecule has 0 aromatic heterocycles. The fourth-order valence-electron chi connectivity index (χ4n) is 2.03. The minimum Gasteiger partial charge on any atom is -0.344 e. The first-order valence-electron chi connectivity index (χ1n) is 5.67. The van der Waals surface area contributed by atoms with E-state index < -0.39 is 0 Å². The van der Waals surface area contributed by atoms with Crippen molar-refractivity contribution in [3.63, 3.8) is 0 Å². The Morgan fingerprint density at radius 3 is 2.94 bits per heavy atom. The SMILES string of the molecule is C#CCNC(=O)C(C)NC1CCC(SC)C1. The Labute approximate surface area is 102 Å². The van der Waals surface area contributed by atoms with Gasteiger partial charge in [0.1, 0.15) is 0 Å². The summed E-state index contributed by atoms with van der Waals surface area (Å²) in [7, 11) is 0. The minimum atomic E-state index is -0.154. The van der Waals surface area contributed by atoms with E-state index in [1.54, 1.807) is 0 Å². The fraction of sp³-hybridized carbons (Fsp3) is 0.750. The van der Waals surface area contributed by atoms with Gasteiger partial charge in [-0.15, -0.1) is 6.42 Å².